The molecule has 6 heteroatoms. The molecule has 0 bridgehead atoms. The van der Waals surface area contributed by atoms with Crippen LogP contribution in [0.5, 0.6) is 0 Å². The number of benzene rings is 2. The molecule has 1 amide bonds. The van der Waals surface area contributed by atoms with E-state index in [0.717, 1.165) is 52.5 Å². The van der Waals surface area contributed by atoms with E-state index in [0.29, 0.717) is 0 Å². The highest BCUT2D eigenvalue weighted by Crippen LogP contribution is 2.30. The Morgan fingerprint density at radius 3 is 2.50 bits per heavy atom. The van der Waals surface area contributed by atoms with Gasteiger partial charge in [-0.15, -0.1) is 0 Å². The maximum atomic E-state index is 13.2. The summed E-state index contributed by atoms with van der Waals surface area (Å²) in [7, 11) is -3.24. The molecule has 0 saturated heterocycles. The van der Waals surface area contributed by atoms with Gasteiger partial charge < -0.3 is 5.32 Å². The van der Waals surface area contributed by atoms with Crippen LogP contribution in [0.25, 0.3) is 10.9 Å². The van der Waals surface area contributed by atoms with Crippen LogP contribution in [0, 0.1) is 0 Å². The summed E-state index contributed by atoms with van der Waals surface area (Å²) >= 11 is 0. The van der Waals surface area contributed by atoms with Crippen LogP contribution in [0.1, 0.15) is 46.6 Å². The Morgan fingerprint density at radius 2 is 1.79 bits per heavy atom. The lowest BCUT2D eigenvalue weighted by Gasteiger charge is -2.17. The first-order valence-electron chi connectivity index (χ1n) is 9.36. The van der Waals surface area contributed by atoms with Crippen LogP contribution in [-0.2, 0) is 22.7 Å². The fraction of sp³-hybridized carbons (Fsp3) is 0.273. The summed E-state index contributed by atoms with van der Waals surface area (Å²) in [6, 6.07) is 14.1. The second kappa shape index (κ2) is 7.02. The molecule has 5 nitrogen and oxygen atoms in total. The van der Waals surface area contributed by atoms with Crippen LogP contribution in [0.3, 0.4) is 0 Å². The highest BCUT2D eigenvalue weighted by atomic mass is 32.2. The van der Waals surface area contributed by atoms with E-state index in [-0.39, 0.29) is 16.8 Å². The smallest absolute Gasteiger partial charge is 0.252 e. The van der Waals surface area contributed by atoms with Crippen molar-refractivity contribution in [1.29, 1.82) is 0 Å². The van der Waals surface area contributed by atoms with E-state index in [4.69, 9.17) is 4.98 Å². The standard InChI is InChI=1S/C22H22N2O3S/c1-14(15-10-12-16(13-11-15)28(2,26)27)23-22(25)21-17-6-3-4-8-19(17)24-20-9-5-7-18(20)21/h3-4,6,8,10-14H,5,7,9H2,1-2H3,(H,23,25). The fourth-order valence-electron chi connectivity index (χ4n) is 3.83. The lowest BCUT2D eigenvalue weighted by molar-refractivity contribution is 0.0940. The number of aromatic nitrogens is 1. The van der Waals surface area contributed by atoms with Crippen molar-refractivity contribution in [2.75, 3.05) is 6.26 Å². The molecule has 4 rings (SSSR count). The molecule has 0 saturated carbocycles. The summed E-state index contributed by atoms with van der Waals surface area (Å²) in [5.41, 5.74) is 4.50. The van der Waals surface area contributed by atoms with Crippen molar-refractivity contribution < 1.29 is 13.2 Å². The van der Waals surface area contributed by atoms with Gasteiger partial charge in [0.15, 0.2) is 9.84 Å². The summed E-state index contributed by atoms with van der Waals surface area (Å²) in [4.78, 5) is 18.2. The summed E-state index contributed by atoms with van der Waals surface area (Å²) < 4.78 is 23.3. The molecule has 0 aliphatic heterocycles. The number of fused-ring (bicyclic) bond motifs is 2. The van der Waals surface area contributed by atoms with Crippen LogP contribution >= 0.6 is 0 Å². The number of rotatable bonds is 4. The predicted molar refractivity (Wildman–Crippen MR) is 109 cm³/mol. The van der Waals surface area contributed by atoms with Crippen molar-refractivity contribution in [3.05, 3.63) is 70.9 Å². The molecule has 1 aliphatic carbocycles. The molecule has 1 aromatic heterocycles. The van der Waals surface area contributed by atoms with Crippen LogP contribution in [0.2, 0.25) is 0 Å². The maximum absolute atomic E-state index is 13.2. The quantitative estimate of drug-likeness (QED) is 0.733. The molecule has 1 aliphatic rings. The first kappa shape index (κ1) is 18.6. The number of hydrogen-bond donors (Lipinski definition) is 1. The Bertz CT molecular complexity index is 1170. The molecule has 1 unspecified atom stereocenters. The highest BCUT2D eigenvalue weighted by Gasteiger charge is 2.24. The predicted octanol–water partition coefficient (Wildman–Crippen LogP) is 3.62. The lowest BCUT2D eigenvalue weighted by atomic mass is 9.99. The molecular weight excluding hydrogens is 372 g/mol. The summed E-state index contributed by atoms with van der Waals surface area (Å²) in [6.07, 6.45) is 3.97. The fourth-order valence-corrected chi connectivity index (χ4v) is 4.46. The van der Waals surface area contributed by atoms with Gasteiger partial charge in [0.05, 0.1) is 22.0 Å². The van der Waals surface area contributed by atoms with Crippen LogP contribution in [-0.4, -0.2) is 25.6 Å². The second-order valence-corrected chi connectivity index (χ2v) is 9.33. The van der Waals surface area contributed by atoms with Crippen LogP contribution in [0.15, 0.2) is 53.4 Å². The van der Waals surface area contributed by atoms with E-state index in [2.05, 4.69) is 5.32 Å². The van der Waals surface area contributed by atoms with E-state index in [1.165, 1.54) is 6.26 Å². The minimum atomic E-state index is -3.24. The molecule has 1 N–H and O–H groups in total. The SMILES string of the molecule is CC(NC(=O)c1c2c(nc3ccccc13)CCC2)c1ccc(S(C)(=O)=O)cc1. The Morgan fingerprint density at radius 1 is 1.07 bits per heavy atom. The van der Waals surface area contributed by atoms with Crippen molar-refractivity contribution in [1.82, 2.24) is 10.3 Å². The first-order chi connectivity index (χ1) is 13.3. The van der Waals surface area contributed by atoms with E-state index in [1.807, 2.05) is 31.2 Å². The number of pyridine rings is 1. The molecule has 28 heavy (non-hydrogen) atoms. The summed E-state index contributed by atoms with van der Waals surface area (Å²) in [5, 5.41) is 3.95. The molecular formula is C22H22N2O3S. The number of carbonyl (C=O) groups excluding carboxylic acids is 1. The van der Waals surface area contributed by atoms with E-state index >= 15 is 0 Å². The largest absolute Gasteiger partial charge is 0.345 e. The zero-order valence-electron chi connectivity index (χ0n) is 15.9. The maximum Gasteiger partial charge on any atom is 0.252 e. The third-order valence-electron chi connectivity index (χ3n) is 5.30. The van der Waals surface area contributed by atoms with E-state index in [1.54, 1.807) is 24.3 Å². The summed E-state index contributed by atoms with van der Waals surface area (Å²) in [5.74, 6) is -0.114. The third-order valence-corrected chi connectivity index (χ3v) is 6.43. The van der Waals surface area contributed by atoms with Gasteiger partial charge in [-0.3, -0.25) is 9.78 Å². The number of nitrogens with one attached hydrogen (secondary N) is 1. The average molecular weight is 394 g/mol. The van der Waals surface area contributed by atoms with Gasteiger partial charge in [-0.25, -0.2) is 8.42 Å². The van der Waals surface area contributed by atoms with Gasteiger partial charge in [0, 0.05) is 17.3 Å². The summed E-state index contributed by atoms with van der Waals surface area (Å²) in [6.45, 7) is 1.90. The number of nitrogens with zero attached hydrogens (tertiary/aromatic N) is 1. The molecule has 3 aromatic rings. The van der Waals surface area contributed by atoms with Crippen molar-refractivity contribution in [3.8, 4) is 0 Å². The van der Waals surface area contributed by atoms with Crippen molar-refractivity contribution in [2.45, 2.75) is 37.1 Å². The molecule has 2 aromatic carbocycles. The highest BCUT2D eigenvalue weighted by molar-refractivity contribution is 7.90. The number of amides is 1. The molecule has 0 fully saturated rings. The average Bonchev–Trinajstić information content (AvgIpc) is 3.13. The normalized spacial score (nSPS) is 14.6. The van der Waals surface area contributed by atoms with Crippen LogP contribution in [0.4, 0.5) is 0 Å². The Kier molecular flexibility index (Phi) is 4.67. The second-order valence-electron chi connectivity index (χ2n) is 7.32. The number of hydrogen-bond acceptors (Lipinski definition) is 4. The van der Waals surface area contributed by atoms with E-state index in [9.17, 15) is 13.2 Å². The molecule has 1 heterocycles. The van der Waals surface area contributed by atoms with Gasteiger partial charge in [-0.2, -0.15) is 0 Å². The van der Waals surface area contributed by atoms with Crippen molar-refractivity contribution in [2.24, 2.45) is 0 Å². The van der Waals surface area contributed by atoms with Gasteiger partial charge in [0.1, 0.15) is 0 Å². The van der Waals surface area contributed by atoms with E-state index < -0.39 is 9.84 Å². The zero-order valence-corrected chi connectivity index (χ0v) is 16.7. The monoisotopic (exact) mass is 394 g/mol. The van der Waals surface area contributed by atoms with Gasteiger partial charge >= 0.3 is 0 Å². The van der Waals surface area contributed by atoms with Crippen molar-refractivity contribution in [3.63, 3.8) is 0 Å². The van der Waals surface area contributed by atoms with Gasteiger partial charge in [-0.05, 0) is 55.5 Å². The number of para-hydroxylation sites is 1. The third kappa shape index (κ3) is 3.40. The number of sulfone groups is 1. The Balaban J connectivity index is 1.66. The lowest BCUT2D eigenvalue weighted by Crippen LogP contribution is -2.28. The minimum Gasteiger partial charge on any atom is -0.345 e. The Hall–Kier alpha value is -2.73. The van der Waals surface area contributed by atoms with Crippen molar-refractivity contribution >= 4 is 26.6 Å². The zero-order chi connectivity index (χ0) is 19.9. The van der Waals surface area contributed by atoms with Gasteiger partial charge in [0.25, 0.3) is 5.91 Å². The Labute approximate surface area is 164 Å². The molecule has 144 valence electrons. The molecule has 0 spiro atoms. The van der Waals surface area contributed by atoms with Gasteiger partial charge in [0.2, 0.25) is 0 Å². The minimum absolute atomic E-state index is 0.114. The molecule has 1 atom stereocenters. The number of carbonyl (C=O) groups is 1. The number of aryl methyl sites for hydroxylation is 1. The first-order valence-corrected chi connectivity index (χ1v) is 11.2. The molecule has 0 radical (unpaired) electrons. The van der Waals surface area contributed by atoms with Crippen LogP contribution < -0.4 is 5.32 Å². The topological polar surface area (TPSA) is 76.1 Å². The van der Waals surface area contributed by atoms with Gasteiger partial charge in [-0.1, -0.05) is 30.3 Å².